The van der Waals surface area contributed by atoms with Crippen molar-refractivity contribution in [3.63, 3.8) is 0 Å². The predicted octanol–water partition coefficient (Wildman–Crippen LogP) is 2.69. The van der Waals surface area contributed by atoms with Crippen LogP contribution in [0.4, 0.5) is 4.79 Å². The van der Waals surface area contributed by atoms with Gasteiger partial charge < -0.3 is 19.3 Å². The van der Waals surface area contributed by atoms with E-state index in [-0.39, 0.29) is 6.54 Å². The zero-order chi connectivity index (χ0) is 18.3. The summed E-state index contributed by atoms with van der Waals surface area (Å²) in [5, 5.41) is 10.6. The largest absolute Gasteiger partial charge is 0.444 e. The van der Waals surface area contributed by atoms with Crippen molar-refractivity contribution in [1.82, 2.24) is 4.90 Å². The van der Waals surface area contributed by atoms with Gasteiger partial charge in [-0.15, -0.1) is 0 Å². The molecule has 25 heavy (non-hydrogen) atoms. The number of aliphatic hydroxyl groups is 1. The second-order valence-corrected chi connectivity index (χ2v) is 8.28. The van der Waals surface area contributed by atoms with E-state index in [4.69, 9.17) is 14.2 Å². The van der Waals surface area contributed by atoms with Crippen LogP contribution in [-0.4, -0.2) is 52.3 Å². The molecule has 2 aliphatic heterocycles. The monoisotopic (exact) mass is 349 g/mol. The van der Waals surface area contributed by atoms with Gasteiger partial charge >= 0.3 is 6.09 Å². The van der Waals surface area contributed by atoms with Gasteiger partial charge in [-0.2, -0.15) is 0 Å². The van der Waals surface area contributed by atoms with Gasteiger partial charge in [-0.3, -0.25) is 4.90 Å². The summed E-state index contributed by atoms with van der Waals surface area (Å²) < 4.78 is 17.1. The predicted molar refractivity (Wildman–Crippen MR) is 91.9 cm³/mol. The number of benzene rings is 1. The first-order valence-electron chi connectivity index (χ1n) is 8.62. The van der Waals surface area contributed by atoms with Crippen molar-refractivity contribution in [2.75, 3.05) is 13.2 Å². The molecule has 138 valence electrons. The first-order valence-corrected chi connectivity index (χ1v) is 8.62. The molecule has 1 amide bonds. The lowest BCUT2D eigenvalue weighted by molar-refractivity contribution is -0.303. The Balaban J connectivity index is 1.73. The third kappa shape index (κ3) is 3.81. The van der Waals surface area contributed by atoms with Crippen molar-refractivity contribution < 1.29 is 24.1 Å². The molecule has 3 unspecified atom stereocenters. The zero-order valence-corrected chi connectivity index (χ0v) is 15.3. The molecule has 1 aromatic rings. The van der Waals surface area contributed by atoms with Crippen LogP contribution >= 0.6 is 0 Å². The van der Waals surface area contributed by atoms with Gasteiger partial charge in [0.25, 0.3) is 0 Å². The number of likely N-dealkylation sites (tertiary alicyclic amines) is 1. The van der Waals surface area contributed by atoms with E-state index in [0.717, 1.165) is 5.56 Å². The van der Waals surface area contributed by atoms with Crippen LogP contribution in [0.1, 0.15) is 39.7 Å². The van der Waals surface area contributed by atoms with E-state index in [2.05, 4.69) is 0 Å². The number of ether oxygens (including phenoxy) is 3. The number of nitrogens with zero attached hydrogens (tertiary/aromatic N) is 1. The summed E-state index contributed by atoms with van der Waals surface area (Å²) in [5.74, 6) is 0. The van der Waals surface area contributed by atoms with E-state index < -0.39 is 29.1 Å². The minimum Gasteiger partial charge on any atom is -0.444 e. The third-order valence-electron chi connectivity index (χ3n) is 4.50. The highest BCUT2D eigenvalue weighted by atomic mass is 16.7. The molecular formula is C19H27NO5. The van der Waals surface area contributed by atoms with Crippen LogP contribution < -0.4 is 0 Å². The molecule has 6 heteroatoms. The Labute approximate surface area is 148 Å². The maximum Gasteiger partial charge on any atom is 0.411 e. The van der Waals surface area contributed by atoms with Crippen molar-refractivity contribution in [2.45, 2.75) is 63.8 Å². The summed E-state index contributed by atoms with van der Waals surface area (Å²) in [6, 6.07) is 9.79. The van der Waals surface area contributed by atoms with Crippen LogP contribution in [0.25, 0.3) is 0 Å². The molecule has 0 bridgehead atoms. The highest BCUT2D eigenvalue weighted by molar-refractivity contribution is 5.70. The zero-order valence-electron chi connectivity index (χ0n) is 15.3. The summed E-state index contributed by atoms with van der Waals surface area (Å²) in [7, 11) is 0. The van der Waals surface area contributed by atoms with Gasteiger partial charge in [0.05, 0.1) is 25.4 Å². The molecule has 2 fully saturated rings. The lowest BCUT2D eigenvalue weighted by atomic mass is 9.87. The van der Waals surface area contributed by atoms with E-state index >= 15 is 0 Å². The van der Waals surface area contributed by atoms with Gasteiger partial charge in [-0.05, 0) is 33.3 Å². The Hall–Kier alpha value is -1.63. The number of hydrogen-bond donors (Lipinski definition) is 1. The van der Waals surface area contributed by atoms with Crippen molar-refractivity contribution >= 4 is 6.09 Å². The molecule has 0 aromatic heterocycles. The Morgan fingerprint density at radius 2 is 2.04 bits per heavy atom. The summed E-state index contributed by atoms with van der Waals surface area (Å²) in [5.41, 5.74) is -1.24. The normalized spacial score (nSPS) is 31.9. The molecule has 1 spiro atoms. The van der Waals surface area contributed by atoms with E-state index in [0.29, 0.717) is 19.6 Å². The van der Waals surface area contributed by atoms with Crippen LogP contribution in [0.5, 0.6) is 0 Å². The van der Waals surface area contributed by atoms with Gasteiger partial charge in [0.15, 0.2) is 6.29 Å². The molecule has 1 N–H and O–H groups in total. The fourth-order valence-corrected chi connectivity index (χ4v) is 3.50. The molecule has 2 aliphatic rings. The maximum atomic E-state index is 12.7. The van der Waals surface area contributed by atoms with Crippen LogP contribution in [0.2, 0.25) is 0 Å². The minimum atomic E-state index is -0.991. The van der Waals surface area contributed by atoms with Gasteiger partial charge in [-0.1, -0.05) is 30.3 Å². The third-order valence-corrected chi connectivity index (χ3v) is 4.50. The molecule has 2 heterocycles. The van der Waals surface area contributed by atoms with Crippen molar-refractivity contribution in [2.24, 2.45) is 0 Å². The summed E-state index contributed by atoms with van der Waals surface area (Å²) in [6.07, 6.45) is -0.616. The highest BCUT2D eigenvalue weighted by Crippen LogP contribution is 2.46. The number of amides is 1. The fraction of sp³-hybridized carbons (Fsp3) is 0.632. The van der Waals surface area contributed by atoms with Gasteiger partial charge in [-0.25, -0.2) is 4.79 Å². The minimum absolute atomic E-state index is 0.205. The molecule has 1 aromatic carbocycles. The van der Waals surface area contributed by atoms with Crippen molar-refractivity contribution in [3.05, 3.63) is 35.9 Å². The first-order chi connectivity index (χ1) is 11.6. The lowest BCUT2D eigenvalue weighted by Gasteiger charge is -2.50. The van der Waals surface area contributed by atoms with Crippen molar-refractivity contribution in [1.29, 1.82) is 0 Å². The number of hydrogen-bond acceptors (Lipinski definition) is 5. The Kier molecular flexibility index (Phi) is 4.56. The number of carbonyl (C=O) groups excluding carboxylic acids is 1. The Morgan fingerprint density at radius 3 is 2.60 bits per heavy atom. The second kappa shape index (κ2) is 6.27. The SMILES string of the molecule is CC1(O)CN(C(=O)OC(C)(C)C)C2(COC2OCc2ccccc2)C1. The molecule has 3 rings (SSSR count). The number of carbonyl (C=O) groups is 1. The Morgan fingerprint density at radius 1 is 1.36 bits per heavy atom. The first kappa shape index (κ1) is 18.2. The fourth-order valence-electron chi connectivity index (χ4n) is 3.50. The number of rotatable bonds is 3. The van der Waals surface area contributed by atoms with Gasteiger partial charge in [0.1, 0.15) is 11.1 Å². The van der Waals surface area contributed by atoms with Crippen LogP contribution in [0, 0.1) is 0 Å². The van der Waals surface area contributed by atoms with Gasteiger partial charge in [0.2, 0.25) is 0 Å². The van der Waals surface area contributed by atoms with E-state index in [9.17, 15) is 9.90 Å². The highest BCUT2D eigenvalue weighted by Gasteiger charge is 2.64. The van der Waals surface area contributed by atoms with Crippen LogP contribution in [-0.2, 0) is 20.8 Å². The standard InChI is InChI=1S/C19H27NO5/c1-17(2,3)25-16(21)20-12-18(4,22)11-19(20)13-24-15(19)23-10-14-8-6-5-7-9-14/h5-9,15,22H,10-13H2,1-4H3. The van der Waals surface area contributed by atoms with Crippen molar-refractivity contribution in [3.8, 4) is 0 Å². The van der Waals surface area contributed by atoms with Gasteiger partial charge in [0, 0.05) is 6.42 Å². The van der Waals surface area contributed by atoms with E-state index in [1.165, 1.54) is 0 Å². The maximum absolute atomic E-state index is 12.7. The molecule has 3 atom stereocenters. The van der Waals surface area contributed by atoms with Crippen LogP contribution in [0.15, 0.2) is 30.3 Å². The summed E-state index contributed by atoms with van der Waals surface area (Å²) in [6.45, 7) is 8.13. The average Bonchev–Trinajstić information content (AvgIpc) is 2.80. The smallest absolute Gasteiger partial charge is 0.411 e. The Bertz CT molecular complexity index is 624. The molecular weight excluding hydrogens is 322 g/mol. The molecule has 0 saturated carbocycles. The summed E-state index contributed by atoms with van der Waals surface area (Å²) in [4.78, 5) is 14.2. The lowest BCUT2D eigenvalue weighted by Crippen LogP contribution is -2.67. The molecule has 0 aliphatic carbocycles. The number of β-amino-alcohol motifs (C(OH)–C–C–N with tert-alkyl or cyclic N) is 1. The van der Waals surface area contributed by atoms with E-state index in [1.807, 2.05) is 51.1 Å². The van der Waals surface area contributed by atoms with E-state index in [1.54, 1.807) is 11.8 Å². The second-order valence-electron chi connectivity index (χ2n) is 8.28. The average molecular weight is 349 g/mol. The summed E-state index contributed by atoms with van der Waals surface area (Å²) >= 11 is 0. The molecule has 2 saturated heterocycles. The topological polar surface area (TPSA) is 68.2 Å². The quantitative estimate of drug-likeness (QED) is 0.909. The molecule has 0 radical (unpaired) electrons. The molecule has 6 nitrogen and oxygen atoms in total. The van der Waals surface area contributed by atoms with Crippen LogP contribution in [0.3, 0.4) is 0 Å².